The molecule has 2 aromatic carbocycles. The number of amides is 1. The Morgan fingerprint density at radius 1 is 1.13 bits per heavy atom. The van der Waals surface area contributed by atoms with Gasteiger partial charge in [-0.1, -0.05) is 18.2 Å². The summed E-state index contributed by atoms with van der Waals surface area (Å²) in [5, 5.41) is 5.80. The highest BCUT2D eigenvalue weighted by atomic mass is 32.2. The highest BCUT2D eigenvalue weighted by Gasteiger charge is 2.27. The molecule has 0 aliphatic carbocycles. The molecule has 1 saturated heterocycles. The highest BCUT2D eigenvalue weighted by molar-refractivity contribution is 7.89. The van der Waals surface area contributed by atoms with Gasteiger partial charge >= 0.3 is 0 Å². The Kier molecular flexibility index (Phi) is 6.90. The lowest BCUT2D eigenvalue weighted by Gasteiger charge is -2.28. The van der Waals surface area contributed by atoms with E-state index < -0.39 is 21.7 Å². The predicted molar refractivity (Wildman–Crippen MR) is 116 cm³/mol. The van der Waals surface area contributed by atoms with Gasteiger partial charge < -0.3 is 10.6 Å². The molecule has 1 aliphatic rings. The Bertz CT molecular complexity index is 1030. The van der Waals surface area contributed by atoms with Crippen molar-refractivity contribution in [3.63, 3.8) is 0 Å². The molecule has 0 bridgehead atoms. The van der Waals surface area contributed by atoms with Gasteiger partial charge in [-0.05, 0) is 81.9 Å². The molecule has 0 spiro atoms. The average molecular weight is 434 g/mol. The standard InChI is InChI=1S/C22H28FN3O3S/c1-14-6-4-5-7-18(14)22(27)25-20-12-15(2)21(13-19(20)23)30(28,29)26-16(3)17-8-10-24-11-9-17/h4-7,12-13,16-17,24,26H,8-11H2,1-3H3,(H,25,27)/t16-/m1/s1. The molecule has 0 radical (unpaired) electrons. The monoisotopic (exact) mass is 433 g/mol. The Balaban J connectivity index is 1.79. The number of rotatable bonds is 6. The quantitative estimate of drug-likeness (QED) is 0.652. The van der Waals surface area contributed by atoms with Gasteiger partial charge in [0.25, 0.3) is 5.91 Å². The van der Waals surface area contributed by atoms with E-state index in [1.54, 1.807) is 32.0 Å². The molecule has 1 atom stereocenters. The number of piperidine rings is 1. The van der Waals surface area contributed by atoms with Crippen molar-refractivity contribution in [2.45, 2.75) is 44.6 Å². The summed E-state index contributed by atoms with van der Waals surface area (Å²) in [6, 6.07) is 9.07. The van der Waals surface area contributed by atoms with Crippen LogP contribution in [0.1, 0.15) is 41.3 Å². The van der Waals surface area contributed by atoms with E-state index in [9.17, 15) is 17.6 Å². The third-order valence-electron chi connectivity index (χ3n) is 5.62. The van der Waals surface area contributed by atoms with E-state index in [1.807, 2.05) is 13.0 Å². The summed E-state index contributed by atoms with van der Waals surface area (Å²) in [4.78, 5) is 12.4. The van der Waals surface area contributed by atoms with Crippen LogP contribution < -0.4 is 15.4 Å². The fourth-order valence-corrected chi connectivity index (χ4v) is 5.36. The van der Waals surface area contributed by atoms with Crippen molar-refractivity contribution in [3.8, 4) is 0 Å². The molecule has 1 fully saturated rings. The summed E-state index contributed by atoms with van der Waals surface area (Å²) < 4.78 is 43.2. The van der Waals surface area contributed by atoms with Crippen LogP contribution in [0.3, 0.4) is 0 Å². The maximum Gasteiger partial charge on any atom is 0.256 e. The Morgan fingerprint density at radius 2 is 1.80 bits per heavy atom. The predicted octanol–water partition coefficient (Wildman–Crippen LogP) is 3.36. The summed E-state index contributed by atoms with van der Waals surface area (Å²) in [6.07, 6.45) is 1.78. The van der Waals surface area contributed by atoms with Crippen LogP contribution in [0.2, 0.25) is 0 Å². The van der Waals surface area contributed by atoms with Crippen LogP contribution >= 0.6 is 0 Å². The molecule has 1 amide bonds. The van der Waals surface area contributed by atoms with Crippen molar-refractivity contribution >= 4 is 21.6 Å². The average Bonchev–Trinajstić information content (AvgIpc) is 2.71. The zero-order chi connectivity index (χ0) is 21.9. The van der Waals surface area contributed by atoms with E-state index in [2.05, 4.69) is 15.4 Å². The van der Waals surface area contributed by atoms with Crippen LogP contribution in [-0.2, 0) is 10.0 Å². The molecule has 2 aromatic rings. The van der Waals surface area contributed by atoms with E-state index in [1.165, 1.54) is 6.07 Å². The van der Waals surface area contributed by atoms with Gasteiger partial charge in [0.15, 0.2) is 0 Å². The summed E-state index contributed by atoms with van der Waals surface area (Å²) in [7, 11) is -3.89. The van der Waals surface area contributed by atoms with Crippen molar-refractivity contribution in [1.82, 2.24) is 10.0 Å². The first kappa shape index (κ1) is 22.4. The molecular formula is C22H28FN3O3S. The Labute approximate surface area is 177 Å². The topological polar surface area (TPSA) is 87.3 Å². The van der Waals surface area contributed by atoms with Crippen molar-refractivity contribution in [2.75, 3.05) is 18.4 Å². The molecule has 30 heavy (non-hydrogen) atoms. The van der Waals surface area contributed by atoms with Crippen LogP contribution in [0.25, 0.3) is 0 Å². The molecule has 3 N–H and O–H groups in total. The highest BCUT2D eigenvalue weighted by Crippen LogP contribution is 2.26. The van der Waals surface area contributed by atoms with Gasteiger partial charge in [0.1, 0.15) is 5.82 Å². The second-order valence-corrected chi connectivity index (χ2v) is 9.55. The molecule has 0 unspecified atom stereocenters. The summed E-state index contributed by atoms with van der Waals surface area (Å²) in [6.45, 7) is 6.95. The smallest absolute Gasteiger partial charge is 0.256 e. The van der Waals surface area contributed by atoms with Crippen LogP contribution in [0.15, 0.2) is 41.3 Å². The van der Waals surface area contributed by atoms with Gasteiger partial charge in [0.05, 0.1) is 10.6 Å². The number of halogens is 1. The van der Waals surface area contributed by atoms with Crippen LogP contribution in [0.4, 0.5) is 10.1 Å². The third-order valence-corrected chi connectivity index (χ3v) is 7.32. The Morgan fingerprint density at radius 3 is 2.47 bits per heavy atom. The minimum atomic E-state index is -3.89. The maximum absolute atomic E-state index is 14.7. The fraction of sp³-hybridized carbons (Fsp3) is 0.409. The van der Waals surface area contributed by atoms with Gasteiger partial charge in [0, 0.05) is 11.6 Å². The molecule has 0 aromatic heterocycles. The number of anilines is 1. The molecule has 3 rings (SSSR count). The number of aryl methyl sites for hydroxylation is 2. The van der Waals surface area contributed by atoms with Crippen LogP contribution in [0, 0.1) is 25.6 Å². The lowest BCUT2D eigenvalue weighted by molar-refractivity contribution is 0.102. The largest absolute Gasteiger partial charge is 0.319 e. The molecule has 0 saturated carbocycles. The number of carbonyl (C=O) groups excluding carboxylic acids is 1. The van der Waals surface area contributed by atoms with Crippen molar-refractivity contribution in [2.24, 2.45) is 5.92 Å². The summed E-state index contributed by atoms with van der Waals surface area (Å²) in [5.74, 6) is -1.00. The van der Waals surface area contributed by atoms with Gasteiger partial charge in [0.2, 0.25) is 10.0 Å². The summed E-state index contributed by atoms with van der Waals surface area (Å²) >= 11 is 0. The number of carbonyl (C=O) groups is 1. The number of benzene rings is 2. The van der Waals surface area contributed by atoms with E-state index in [4.69, 9.17) is 0 Å². The zero-order valence-electron chi connectivity index (χ0n) is 17.5. The van der Waals surface area contributed by atoms with E-state index >= 15 is 0 Å². The van der Waals surface area contributed by atoms with Crippen molar-refractivity contribution < 1.29 is 17.6 Å². The lowest BCUT2D eigenvalue weighted by Crippen LogP contribution is -2.42. The molecule has 8 heteroatoms. The fourth-order valence-electron chi connectivity index (χ4n) is 3.81. The second kappa shape index (κ2) is 9.24. The maximum atomic E-state index is 14.7. The number of nitrogens with one attached hydrogen (secondary N) is 3. The van der Waals surface area contributed by atoms with Gasteiger partial charge in [-0.15, -0.1) is 0 Å². The molecule has 6 nitrogen and oxygen atoms in total. The van der Waals surface area contributed by atoms with Crippen molar-refractivity contribution in [3.05, 3.63) is 58.9 Å². The minimum Gasteiger partial charge on any atom is -0.319 e. The minimum absolute atomic E-state index is 0.0499. The molecular weight excluding hydrogens is 405 g/mol. The first-order valence-electron chi connectivity index (χ1n) is 10.1. The van der Waals surface area contributed by atoms with Gasteiger partial charge in [-0.25, -0.2) is 17.5 Å². The molecule has 162 valence electrons. The number of hydrogen-bond acceptors (Lipinski definition) is 4. The number of sulfonamides is 1. The van der Waals surface area contributed by atoms with Gasteiger partial charge in [-0.3, -0.25) is 4.79 Å². The third kappa shape index (κ3) is 5.06. The van der Waals surface area contributed by atoms with E-state index in [0.29, 0.717) is 11.1 Å². The lowest BCUT2D eigenvalue weighted by atomic mass is 9.92. The second-order valence-electron chi connectivity index (χ2n) is 7.86. The zero-order valence-corrected chi connectivity index (χ0v) is 18.3. The van der Waals surface area contributed by atoms with E-state index in [-0.39, 0.29) is 22.5 Å². The summed E-state index contributed by atoms with van der Waals surface area (Å²) in [5.41, 5.74) is 1.51. The first-order valence-corrected chi connectivity index (χ1v) is 11.6. The Hall–Kier alpha value is -2.29. The normalized spacial score (nSPS) is 16.3. The first-order chi connectivity index (χ1) is 14.2. The molecule has 1 aliphatic heterocycles. The SMILES string of the molecule is Cc1ccccc1C(=O)Nc1cc(C)c(S(=O)(=O)N[C@H](C)C2CCNCC2)cc1F. The van der Waals surface area contributed by atoms with Crippen LogP contribution in [-0.4, -0.2) is 33.5 Å². The van der Waals surface area contributed by atoms with Crippen LogP contribution in [0.5, 0.6) is 0 Å². The number of hydrogen-bond donors (Lipinski definition) is 3. The molecule has 1 heterocycles. The van der Waals surface area contributed by atoms with Gasteiger partial charge in [-0.2, -0.15) is 0 Å². The van der Waals surface area contributed by atoms with E-state index in [0.717, 1.165) is 37.6 Å². The van der Waals surface area contributed by atoms with Crippen molar-refractivity contribution in [1.29, 1.82) is 0 Å².